The number of amides is 1. The van der Waals surface area contributed by atoms with Crippen molar-refractivity contribution in [3.05, 3.63) is 77.3 Å². The van der Waals surface area contributed by atoms with E-state index in [1.165, 1.54) is 0 Å². The Morgan fingerprint density at radius 2 is 1.73 bits per heavy atom. The van der Waals surface area contributed by atoms with E-state index in [1.54, 1.807) is 23.8 Å². The average Bonchev–Trinajstić information content (AvgIpc) is 2.66. The van der Waals surface area contributed by atoms with Gasteiger partial charge in [0, 0.05) is 14.8 Å². The van der Waals surface area contributed by atoms with Gasteiger partial charge in [0.2, 0.25) is 5.91 Å². The molecule has 0 atom stereocenters. The first-order valence-corrected chi connectivity index (χ1v) is 9.37. The van der Waals surface area contributed by atoms with Crippen LogP contribution >= 0.6 is 23.4 Å². The number of hydrogen-bond donors (Lipinski definition) is 0. The molecule has 1 heterocycles. The van der Waals surface area contributed by atoms with Gasteiger partial charge in [0.1, 0.15) is 5.75 Å². The summed E-state index contributed by atoms with van der Waals surface area (Å²) in [5.74, 6) is 0.782. The standard InChI is InChI=1S/C21H16ClNO2S/c1-25-16-9-6-14(7-10-16)12-21(24)23-17-4-2-3-5-19(17)26-20-11-8-15(22)13-18(20)23/h2-11,13H,12H2,1H3. The van der Waals surface area contributed by atoms with E-state index < -0.39 is 0 Å². The van der Waals surface area contributed by atoms with Crippen molar-refractivity contribution in [3.8, 4) is 5.75 Å². The van der Waals surface area contributed by atoms with Crippen molar-refractivity contribution in [1.82, 2.24) is 0 Å². The van der Waals surface area contributed by atoms with Crippen LogP contribution in [0.25, 0.3) is 0 Å². The molecule has 1 amide bonds. The second-order valence-electron chi connectivity index (χ2n) is 5.94. The quantitative estimate of drug-likeness (QED) is 0.581. The number of methoxy groups -OCH3 is 1. The summed E-state index contributed by atoms with van der Waals surface area (Å²) in [6.45, 7) is 0. The van der Waals surface area contributed by atoms with Gasteiger partial charge < -0.3 is 4.74 Å². The van der Waals surface area contributed by atoms with Gasteiger partial charge in [0.05, 0.1) is 24.9 Å². The van der Waals surface area contributed by atoms with Crippen LogP contribution in [0.15, 0.2) is 76.5 Å². The average molecular weight is 382 g/mol. The molecule has 0 fully saturated rings. The highest BCUT2D eigenvalue weighted by Crippen LogP contribution is 2.48. The van der Waals surface area contributed by atoms with Crippen LogP contribution in [0, 0.1) is 0 Å². The van der Waals surface area contributed by atoms with Gasteiger partial charge in [-0.25, -0.2) is 0 Å². The fourth-order valence-corrected chi connectivity index (χ4v) is 4.20. The minimum Gasteiger partial charge on any atom is -0.497 e. The molecular weight excluding hydrogens is 366 g/mol. The highest BCUT2D eigenvalue weighted by molar-refractivity contribution is 7.99. The van der Waals surface area contributed by atoms with Gasteiger partial charge in [-0.3, -0.25) is 9.69 Å². The molecule has 0 saturated carbocycles. The molecule has 3 aromatic rings. The Kier molecular flexibility index (Phi) is 4.62. The molecule has 3 nitrogen and oxygen atoms in total. The zero-order valence-electron chi connectivity index (χ0n) is 14.1. The minimum atomic E-state index is 0.00596. The summed E-state index contributed by atoms with van der Waals surface area (Å²) >= 11 is 7.86. The van der Waals surface area contributed by atoms with Crippen molar-refractivity contribution in [3.63, 3.8) is 0 Å². The van der Waals surface area contributed by atoms with Gasteiger partial charge in [0.25, 0.3) is 0 Å². The topological polar surface area (TPSA) is 29.5 Å². The fourth-order valence-electron chi connectivity index (χ4n) is 2.99. The SMILES string of the molecule is COc1ccc(CC(=O)N2c3ccccc3Sc3ccc(Cl)cc32)cc1. The van der Waals surface area contributed by atoms with Crippen molar-refractivity contribution in [2.75, 3.05) is 12.0 Å². The zero-order chi connectivity index (χ0) is 18.1. The maximum Gasteiger partial charge on any atom is 0.236 e. The summed E-state index contributed by atoms with van der Waals surface area (Å²) in [5, 5.41) is 0.617. The van der Waals surface area contributed by atoms with E-state index in [0.717, 1.165) is 32.5 Å². The molecule has 0 N–H and O–H groups in total. The first-order chi connectivity index (χ1) is 12.7. The van der Waals surface area contributed by atoms with Crippen LogP contribution < -0.4 is 9.64 Å². The molecule has 0 unspecified atom stereocenters. The van der Waals surface area contributed by atoms with Crippen molar-refractivity contribution >= 4 is 40.6 Å². The van der Waals surface area contributed by atoms with E-state index in [4.69, 9.17) is 16.3 Å². The molecule has 26 heavy (non-hydrogen) atoms. The van der Waals surface area contributed by atoms with E-state index in [2.05, 4.69) is 0 Å². The Labute approximate surface area is 161 Å². The minimum absolute atomic E-state index is 0.00596. The molecule has 0 aliphatic carbocycles. The number of carbonyl (C=O) groups is 1. The van der Waals surface area contributed by atoms with Gasteiger partial charge in [0.15, 0.2) is 0 Å². The van der Waals surface area contributed by atoms with Gasteiger partial charge in [-0.05, 0) is 48.0 Å². The Hall–Kier alpha value is -2.43. The third-order valence-corrected chi connectivity index (χ3v) is 5.62. The molecule has 0 aromatic heterocycles. The van der Waals surface area contributed by atoms with Crippen LogP contribution in [-0.4, -0.2) is 13.0 Å². The second-order valence-corrected chi connectivity index (χ2v) is 7.46. The Morgan fingerprint density at radius 3 is 2.50 bits per heavy atom. The number of halogens is 1. The van der Waals surface area contributed by atoms with E-state index in [9.17, 15) is 4.79 Å². The van der Waals surface area contributed by atoms with Crippen molar-refractivity contribution < 1.29 is 9.53 Å². The fraction of sp³-hybridized carbons (Fsp3) is 0.0952. The molecule has 1 aliphatic heterocycles. The molecule has 1 aliphatic rings. The predicted octanol–water partition coefficient (Wildman–Crippen LogP) is 5.72. The number of rotatable bonds is 3. The molecule has 0 bridgehead atoms. The Bertz CT molecular complexity index is 972. The molecule has 130 valence electrons. The lowest BCUT2D eigenvalue weighted by Gasteiger charge is -2.31. The summed E-state index contributed by atoms with van der Waals surface area (Å²) in [5.41, 5.74) is 2.67. The number of ether oxygens (including phenoxy) is 1. The van der Waals surface area contributed by atoms with Gasteiger partial charge >= 0.3 is 0 Å². The first-order valence-electron chi connectivity index (χ1n) is 8.18. The van der Waals surface area contributed by atoms with Crippen LogP contribution in [0.4, 0.5) is 11.4 Å². The molecular formula is C21H16ClNO2S. The van der Waals surface area contributed by atoms with E-state index in [1.807, 2.05) is 66.7 Å². The molecule has 5 heteroatoms. The van der Waals surface area contributed by atoms with Gasteiger partial charge in [-0.1, -0.05) is 47.6 Å². The lowest BCUT2D eigenvalue weighted by Crippen LogP contribution is -2.29. The van der Waals surface area contributed by atoms with E-state index >= 15 is 0 Å². The van der Waals surface area contributed by atoms with Gasteiger partial charge in [-0.2, -0.15) is 0 Å². The molecule has 0 radical (unpaired) electrons. The third-order valence-electron chi connectivity index (χ3n) is 4.25. The number of hydrogen-bond acceptors (Lipinski definition) is 3. The largest absolute Gasteiger partial charge is 0.497 e. The lowest BCUT2D eigenvalue weighted by atomic mass is 10.1. The predicted molar refractivity (Wildman–Crippen MR) is 106 cm³/mol. The summed E-state index contributed by atoms with van der Waals surface area (Å²) in [6, 6.07) is 21.2. The molecule has 0 spiro atoms. The van der Waals surface area contributed by atoms with Crippen molar-refractivity contribution in [2.45, 2.75) is 16.2 Å². The third kappa shape index (κ3) is 3.18. The smallest absolute Gasteiger partial charge is 0.236 e. The van der Waals surface area contributed by atoms with Crippen molar-refractivity contribution in [1.29, 1.82) is 0 Å². The number of anilines is 2. The van der Waals surface area contributed by atoms with Crippen molar-refractivity contribution in [2.24, 2.45) is 0 Å². The van der Waals surface area contributed by atoms with Crippen LogP contribution in [0.5, 0.6) is 5.75 Å². The number of carbonyl (C=O) groups excluding carboxylic acids is 1. The second kappa shape index (κ2) is 7.06. The van der Waals surface area contributed by atoms with Crippen LogP contribution in [0.3, 0.4) is 0 Å². The van der Waals surface area contributed by atoms with Crippen LogP contribution in [0.2, 0.25) is 5.02 Å². The summed E-state index contributed by atoms with van der Waals surface area (Å²) in [4.78, 5) is 17.1. The number of nitrogens with zero attached hydrogens (tertiary/aromatic N) is 1. The van der Waals surface area contributed by atoms with Crippen LogP contribution in [0.1, 0.15) is 5.56 Å². The molecule has 4 rings (SSSR count). The number of fused-ring (bicyclic) bond motifs is 2. The maximum atomic E-state index is 13.2. The lowest BCUT2D eigenvalue weighted by molar-refractivity contribution is -0.117. The summed E-state index contributed by atoms with van der Waals surface area (Å²) in [6.07, 6.45) is 0.301. The number of para-hydroxylation sites is 1. The van der Waals surface area contributed by atoms with Crippen LogP contribution in [-0.2, 0) is 11.2 Å². The zero-order valence-corrected chi connectivity index (χ0v) is 15.7. The normalized spacial score (nSPS) is 12.3. The monoisotopic (exact) mass is 381 g/mol. The van der Waals surface area contributed by atoms with E-state index in [0.29, 0.717) is 11.4 Å². The maximum absolute atomic E-state index is 13.2. The molecule has 3 aromatic carbocycles. The summed E-state index contributed by atoms with van der Waals surface area (Å²) in [7, 11) is 1.63. The van der Waals surface area contributed by atoms with E-state index in [-0.39, 0.29) is 5.91 Å². The Morgan fingerprint density at radius 1 is 1.00 bits per heavy atom. The summed E-state index contributed by atoms with van der Waals surface area (Å²) < 4.78 is 5.18. The molecule has 0 saturated heterocycles. The highest BCUT2D eigenvalue weighted by Gasteiger charge is 2.28. The Balaban J connectivity index is 1.72. The van der Waals surface area contributed by atoms with Gasteiger partial charge in [-0.15, -0.1) is 0 Å². The first kappa shape index (κ1) is 17.0. The highest BCUT2D eigenvalue weighted by atomic mass is 35.5. The number of benzene rings is 3.